The van der Waals surface area contributed by atoms with Crippen molar-refractivity contribution in [1.29, 1.82) is 0 Å². The molecule has 90 valence electrons. The minimum absolute atomic E-state index is 0.430. The largest absolute Gasteiger partial charge is 0.329 e. The summed E-state index contributed by atoms with van der Waals surface area (Å²) in [5.74, 6) is 0. The van der Waals surface area contributed by atoms with Crippen molar-refractivity contribution in [3.05, 3.63) is 22.4 Å². The van der Waals surface area contributed by atoms with E-state index in [1.54, 1.807) is 0 Å². The van der Waals surface area contributed by atoms with Gasteiger partial charge in [-0.25, -0.2) is 0 Å². The highest BCUT2D eigenvalue weighted by Gasteiger charge is 2.23. The van der Waals surface area contributed by atoms with E-state index in [4.69, 9.17) is 5.73 Å². The molecule has 2 heterocycles. The van der Waals surface area contributed by atoms with Crippen molar-refractivity contribution < 1.29 is 0 Å². The smallest absolute Gasteiger partial charge is 0.0565 e. The summed E-state index contributed by atoms with van der Waals surface area (Å²) in [5.41, 5.74) is 5.91. The van der Waals surface area contributed by atoms with Gasteiger partial charge in [-0.2, -0.15) is 0 Å². The monoisotopic (exact) mass is 239 g/mol. The van der Waals surface area contributed by atoms with Gasteiger partial charge >= 0.3 is 0 Å². The Morgan fingerprint density at radius 3 is 2.62 bits per heavy atom. The zero-order chi connectivity index (χ0) is 11.4. The Morgan fingerprint density at radius 1 is 1.38 bits per heavy atom. The van der Waals surface area contributed by atoms with Crippen molar-refractivity contribution in [1.82, 2.24) is 9.80 Å². The molecule has 0 saturated carbocycles. The molecule has 1 saturated heterocycles. The highest BCUT2D eigenvalue weighted by Crippen LogP contribution is 2.24. The van der Waals surface area contributed by atoms with Crippen LogP contribution in [0.1, 0.15) is 17.8 Å². The van der Waals surface area contributed by atoms with Crippen LogP contribution in [-0.2, 0) is 0 Å². The zero-order valence-corrected chi connectivity index (χ0v) is 10.7. The van der Waals surface area contributed by atoms with E-state index < -0.39 is 0 Å². The van der Waals surface area contributed by atoms with E-state index in [9.17, 15) is 0 Å². The summed E-state index contributed by atoms with van der Waals surface area (Å²) in [4.78, 5) is 6.43. The van der Waals surface area contributed by atoms with Gasteiger partial charge in [0.15, 0.2) is 0 Å². The van der Waals surface area contributed by atoms with Gasteiger partial charge in [-0.3, -0.25) is 4.90 Å². The molecule has 1 aliphatic rings. The second-order valence-electron chi connectivity index (χ2n) is 4.24. The molecule has 2 rings (SSSR count). The molecule has 0 aromatic carbocycles. The molecule has 0 spiro atoms. The third-order valence-electron chi connectivity index (χ3n) is 3.39. The number of rotatable bonds is 4. The van der Waals surface area contributed by atoms with E-state index in [0.717, 1.165) is 19.6 Å². The van der Waals surface area contributed by atoms with Crippen LogP contribution in [0.4, 0.5) is 0 Å². The third-order valence-corrected chi connectivity index (χ3v) is 4.36. The summed E-state index contributed by atoms with van der Waals surface area (Å²) in [6.45, 7) is 8.78. The Balaban J connectivity index is 1.96. The lowest BCUT2D eigenvalue weighted by Crippen LogP contribution is -2.48. The minimum Gasteiger partial charge on any atom is -0.329 e. The predicted molar refractivity (Wildman–Crippen MR) is 69.8 cm³/mol. The summed E-state index contributed by atoms with van der Waals surface area (Å²) in [6, 6.07) is 4.75. The molecule has 0 radical (unpaired) electrons. The van der Waals surface area contributed by atoms with Crippen LogP contribution in [0.5, 0.6) is 0 Å². The molecule has 2 N–H and O–H groups in total. The highest BCUT2D eigenvalue weighted by atomic mass is 32.1. The molecule has 1 atom stereocenters. The van der Waals surface area contributed by atoms with Crippen molar-refractivity contribution in [2.24, 2.45) is 5.73 Å². The minimum atomic E-state index is 0.430. The molecule has 4 heteroatoms. The fourth-order valence-corrected chi connectivity index (χ4v) is 3.19. The first-order chi connectivity index (χ1) is 7.85. The molecule has 0 amide bonds. The van der Waals surface area contributed by atoms with E-state index in [2.05, 4.69) is 34.2 Å². The van der Waals surface area contributed by atoms with E-state index in [1.165, 1.54) is 24.5 Å². The van der Waals surface area contributed by atoms with E-state index in [-0.39, 0.29) is 0 Å². The van der Waals surface area contributed by atoms with Gasteiger partial charge in [-0.1, -0.05) is 13.0 Å². The third kappa shape index (κ3) is 2.63. The van der Waals surface area contributed by atoms with Gasteiger partial charge in [0.05, 0.1) is 6.04 Å². The maximum absolute atomic E-state index is 5.91. The maximum Gasteiger partial charge on any atom is 0.0565 e. The van der Waals surface area contributed by atoms with Crippen molar-refractivity contribution in [2.45, 2.75) is 13.0 Å². The first-order valence-corrected chi connectivity index (χ1v) is 6.93. The van der Waals surface area contributed by atoms with Crippen LogP contribution in [0.2, 0.25) is 0 Å². The van der Waals surface area contributed by atoms with Gasteiger partial charge < -0.3 is 10.6 Å². The summed E-state index contributed by atoms with van der Waals surface area (Å²) < 4.78 is 0. The summed E-state index contributed by atoms with van der Waals surface area (Å²) in [7, 11) is 0. The molecular formula is C12H21N3S. The molecule has 1 aliphatic heterocycles. The molecule has 3 nitrogen and oxygen atoms in total. The van der Waals surface area contributed by atoms with E-state index in [1.807, 2.05) is 11.3 Å². The van der Waals surface area contributed by atoms with Crippen LogP contribution < -0.4 is 5.73 Å². The normalized spacial score (nSPS) is 21.1. The van der Waals surface area contributed by atoms with E-state index >= 15 is 0 Å². The number of hydrogen-bond acceptors (Lipinski definition) is 4. The van der Waals surface area contributed by atoms with Gasteiger partial charge in [-0.05, 0) is 18.0 Å². The van der Waals surface area contributed by atoms with Gasteiger partial charge in [0.1, 0.15) is 0 Å². The van der Waals surface area contributed by atoms with Crippen molar-refractivity contribution in [2.75, 3.05) is 39.3 Å². The topological polar surface area (TPSA) is 32.5 Å². The molecule has 0 bridgehead atoms. The summed E-state index contributed by atoms with van der Waals surface area (Å²) in [5, 5.41) is 2.14. The number of thiophene rings is 1. The average molecular weight is 239 g/mol. The fourth-order valence-electron chi connectivity index (χ4n) is 2.32. The second-order valence-corrected chi connectivity index (χ2v) is 5.22. The van der Waals surface area contributed by atoms with Crippen LogP contribution in [0.15, 0.2) is 17.5 Å². The fraction of sp³-hybridized carbons (Fsp3) is 0.667. The second kappa shape index (κ2) is 5.77. The average Bonchev–Trinajstić information content (AvgIpc) is 2.85. The number of hydrogen-bond donors (Lipinski definition) is 1. The number of nitrogens with zero attached hydrogens (tertiary/aromatic N) is 2. The Morgan fingerprint density at radius 2 is 2.12 bits per heavy atom. The number of likely N-dealkylation sites (N-methyl/N-ethyl adjacent to an activating group) is 1. The number of nitrogens with two attached hydrogens (primary N) is 1. The molecule has 1 aromatic rings. The van der Waals surface area contributed by atoms with E-state index in [0.29, 0.717) is 6.04 Å². The Labute approximate surface area is 102 Å². The lowest BCUT2D eigenvalue weighted by molar-refractivity contribution is 0.103. The number of piperazine rings is 1. The first kappa shape index (κ1) is 12.0. The van der Waals surface area contributed by atoms with Crippen molar-refractivity contribution in [3.63, 3.8) is 0 Å². The Hall–Kier alpha value is -0.420. The van der Waals surface area contributed by atoms with Crippen molar-refractivity contribution >= 4 is 11.3 Å². The Bertz CT molecular complexity index is 291. The van der Waals surface area contributed by atoms with Crippen molar-refractivity contribution in [3.8, 4) is 0 Å². The lowest BCUT2D eigenvalue weighted by atomic mass is 10.1. The summed E-state index contributed by atoms with van der Waals surface area (Å²) in [6.07, 6.45) is 0. The highest BCUT2D eigenvalue weighted by molar-refractivity contribution is 7.10. The van der Waals surface area contributed by atoms with Gasteiger partial charge in [0, 0.05) is 37.6 Å². The molecular weight excluding hydrogens is 218 g/mol. The lowest BCUT2D eigenvalue weighted by Gasteiger charge is -2.38. The van der Waals surface area contributed by atoms with Crippen LogP contribution in [0, 0.1) is 0 Å². The maximum atomic E-state index is 5.91. The van der Waals surface area contributed by atoms with Gasteiger partial charge in [0.25, 0.3) is 0 Å². The SMILES string of the molecule is CCN1CCN(C(CN)c2cccs2)CC1. The van der Waals surface area contributed by atoms with Crippen LogP contribution in [0.25, 0.3) is 0 Å². The first-order valence-electron chi connectivity index (χ1n) is 6.05. The molecule has 1 aromatic heterocycles. The van der Waals surface area contributed by atoms with Crippen LogP contribution in [0.3, 0.4) is 0 Å². The quantitative estimate of drug-likeness (QED) is 0.862. The van der Waals surface area contributed by atoms with Gasteiger partial charge in [0.2, 0.25) is 0 Å². The van der Waals surface area contributed by atoms with Crippen LogP contribution >= 0.6 is 11.3 Å². The standard InChI is InChI=1S/C12H21N3S/c1-2-14-5-7-15(8-6-14)11(10-13)12-4-3-9-16-12/h3-4,9,11H,2,5-8,10,13H2,1H3. The molecule has 1 unspecified atom stereocenters. The molecule has 16 heavy (non-hydrogen) atoms. The molecule has 0 aliphatic carbocycles. The summed E-state index contributed by atoms with van der Waals surface area (Å²) >= 11 is 1.82. The van der Waals surface area contributed by atoms with Gasteiger partial charge in [-0.15, -0.1) is 11.3 Å². The zero-order valence-electron chi connectivity index (χ0n) is 9.93. The van der Waals surface area contributed by atoms with Crippen LogP contribution in [-0.4, -0.2) is 49.1 Å². The molecule has 1 fully saturated rings. The Kier molecular flexibility index (Phi) is 4.35. The predicted octanol–water partition coefficient (Wildman–Crippen LogP) is 1.39.